The van der Waals surface area contributed by atoms with Gasteiger partial charge in [0.05, 0.1) is 30.5 Å². The fraction of sp³-hybridized carbons (Fsp3) is 0.500. The summed E-state index contributed by atoms with van der Waals surface area (Å²) in [7, 11) is 0. The van der Waals surface area contributed by atoms with Crippen molar-refractivity contribution in [2.45, 2.75) is 25.7 Å². The van der Waals surface area contributed by atoms with E-state index in [9.17, 15) is 5.11 Å². The Morgan fingerprint density at radius 1 is 1.41 bits per heavy atom. The molecule has 0 saturated carbocycles. The van der Waals surface area contributed by atoms with Crippen molar-refractivity contribution < 1.29 is 14.6 Å². The minimum absolute atomic E-state index is 0. The summed E-state index contributed by atoms with van der Waals surface area (Å²) in [5.41, 5.74) is 1.13. The molecular weight excluding hydrogens is 413 g/mol. The molecule has 1 saturated heterocycles. The van der Waals surface area contributed by atoms with E-state index in [0.717, 1.165) is 18.7 Å². The first kappa shape index (κ1) is 22.3. The summed E-state index contributed by atoms with van der Waals surface area (Å²) in [5, 5.41) is 15.6. The van der Waals surface area contributed by atoms with Crippen molar-refractivity contribution in [1.29, 1.82) is 0 Å². The average molecular weight is 437 g/mol. The summed E-state index contributed by atoms with van der Waals surface area (Å²) >= 11 is 11.9. The van der Waals surface area contributed by atoms with Crippen LogP contribution in [0.3, 0.4) is 0 Å². The van der Waals surface area contributed by atoms with Gasteiger partial charge in [0.2, 0.25) is 0 Å². The molecule has 1 fully saturated rings. The molecule has 27 heavy (non-hydrogen) atoms. The van der Waals surface area contributed by atoms with Crippen molar-refractivity contribution in [1.82, 2.24) is 14.7 Å². The van der Waals surface area contributed by atoms with Gasteiger partial charge in [-0.15, -0.1) is 12.4 Å². The van der Waals surface area contributed by atoms with Crippen molar-refractivity contribution in [3.05, 3.63) is 46.2 Å². The van der Waals surface area contributed by atoms with Gasteiger partial charge >= 0.3 is 0 Å². The Morgan fingerprint density at radius 3 is 2.93 bits per heavy atom. The predicted octanol–water partition coefficient (Wildman–Crippen LogP) is 3.06. The lowest BCUT2D eigenvalue weighted by Crippen LogP contribution is -2.47. The van der Waals surface area contributed by atoms with Crippen molar-refractivity contribution in [3.63, 3.8) is 0 Å². The number of aliphatic hydroxyl groups excluding tert-OH is 1. The van der Waals surface area contributed by atoms with Gasteiger partial charge in [0, 0.05) is 30.9 Å². The summed E-state index contributed by atoms with van der Waals surface area (Å²) in [6, 6.07) is 5.03. The summed E-state index contributed by atoms with van der Waals surface area (Å²) in [6.07, 6.45) is 3.28. The highest BCUT2D eigenvalue weighted by Gasteiger charge is 2.23. The van der Waals surface area contributed by atoms with Crippen LogP contribution in [-0.4, -0.2) is 64.8 Å². The molecule has 0 aliphatic carbocycles. The van der Waals surface area contributed by atoms with E-state index in [0.29, 0.717) is 35.5 Å². The van der Waals surface area contributed by atoms with E-state index in [1.54, 1.807) is 18.2 Å². The van der Waals surface area contributed by atoms with Crippen LogP contribution in [-0.2, 0) is 11.3 Å². The Balaban J connectivity index is 0.00000261. The first-order valence-electron chi connectivity index (χ1n) is 8.58. The minimum Gasteiger partial charge on any atom is -0.489 e. The number of rotatable bonds is 7. The largest absolute Gasteiger partial charge is 0.489 e. The summed E-state index contributed by atoms with van der Waals surface area (Å²) < 4.78 is 13.3. The third-order valence-electron chi connectivity index (χ3n) is 4.17. The van der Waals surface area contributed by atoms with Crippen molar-refractivity contribution in [2.24, 2.45) is 0 Å². The molecule has 2 unspecified atom stereocenters. The maximum atomic E-state index is 10.3. The number of aromatic nitrogens is 2. The minimum atomic E-state index is -0.618. The molecule has 1 aromatic carbocycles. The van der Waals surface area contributed by atoms with Gasteiger partial charge in [-0.25, -0.2) is 0 Å². The smallest absolute Gasteiger partial charge is 0.138 e. The molecule has 3 rings (SSSR count). The molecule has 0 bridgehead atoms. The standard InChI is InChI=1S/C18H23Cl2N3O3.ClH/c1-13-7-21-23(8-13)11-16-10-22(4-5-25-16)9-15(24)12-26-18-3-2-14(19)6-17(18)20;/h2-3,6-8,15-16,24H,4-5,9-12H2,1H3;1H. The Bertz CT molecular complexity index is 729. The first-order valence-corrected chi connectivity index (χ1v) is 9.34. The fourth-order valence-electron chi connectivity index (χ4n) is 2.96. The third-order valence-corrected chi connectivity index (χ3v) is 4.70. The molecule has 6 nitrogen and oxygen atoms in total. The third kappa shape index (κ3) is 6.82. The molecule has 0 spiro atoms. The van der Waals surface area contributed by atoms with E-state index in [2.05, 4.69) is 10.00 Å². The Hall–Kier alpha value is -1.02. The number of morpholine rings is 1. The second-order valence-corrected chi connectivity index (χ2v) is 7.38. The van der Waals surface area contributed by atoms with Crippen LogP contribution in [0.4, 0.5) is 0 Å². The number of benzene rings is 1. The maximum absolute atomic E-state index is 10.3. The Labute approximate surface area is 175 Å². The number of halogens is 3. The molecule has 1 aliphatic rings. The maximum Gasteiger partial charge on any atom is 0.138 e. The molecule has 0 radical (unpaired) electrons. The normalized spacial score (nSPS) is 18.7. The van der Waals surface area contributed by atoms with Gasteiger partial charge in [0.25, 0.3) is 0 Å². The number of aryl methyl sites for hydroxylation is 1. The van der Waals surface area contributed by atoms with E-state index >= 15 is 0 Å². The van der Waals surface area contributed by atoms with Gasteiger partial charge < -0.3 is 14.6 Å². The van der Waals surface area contributed by atoms with E-state index in [1.807, 2.05) is 24.0 Å². The Kier molecular flexibility index (Phi) is 8.66. The highest BCUT2D eigenvalue weighted by molar-refractivity contribution is 6.35. The number of ether oxygens (including phenoxy) is 2. The van der Waals surface area contributed by atoms with Crippen LogP contribution in [0.5, 0.6) is 5.75 Å². The number of nitrogens with zero attached hydrogens (tertiary/aromatic N) is 3. The van der Waals surface area contributed by atoms with Crippen LogP contribution in [0, 0.1) is 6.92 Å². The van der Waals surface area contributed by atoms with Crippen molar-refractivity contribution >= 4 is 35.6 Å². The first-order chi connectivity index (χ1) is 12.5. The zero-order valence-electron chi connectivity index (χ0n) is 15.1. The predicted molar refractivity (Wildman–Crippen MR) is 108 cm³/mol. The molecular formula is C18H24Cl3N3O3. The van der Waals surface area contributed by atoms with E-state index < -0.39 is 6.10 Å². The monoisotopic (exact) mass is 435 g/mol. The number of β-amino-alcohol motifs (C(OH)–C–C–N with tert-alkyl or cyclic N) is 1. The van der Waals surface area contributed by atoms with Gasteiger partial charge in [0.15, 0.2) is 0 Å². The number of hydrogen-bond acceptors (Lipinski definition) is 5. The van der Waals surface area contributed by atoms with E-state index in [-0.39, 0.29) is 25.1 Å². The van der Waals surface area contributed by atoms with Gasteiger partial charge in [-0.3, -0.25) is 9.58 Å². The molecule has 9 heteroatoms. The molecule has 1 aliphatic heterocycles. The molecule has 2 heterocycles. The van der Waals surface area contributed by atoms with Gasteiger partial charge in [-0.1, -0.05) is 23.2 Å². The van der Waals surface area contributed by atoms with Crippen LogP contribution < -0.4 is 4.74 Å². The Morgan fingerprint density at radius 2 is 2.22 bits per heavy atom. The zero-order valence-corrected chi connectivity index (χ0v) is 17.4. The highest BCUT2D eigenvalue weighted by atomic mass is 35.5. The van der Waals surface area contributed by atoms with Gasteiger partial charge in [-0.05, 0) is 30.7 Å². The van der Waals surface area contributed by atoms with E-state index in [1.165, 1.54) is 0 Å². The molecule has 150 valence electrons. The molecule has 0 amide bonds. The molecule has 1 N–H and O–H groups in total. The topological polar surface area (TPSA) is 59.8 Å². The summed E-state index contributed by atoms with van der Waals surface area (Å²) in [6.45, 7) is 5.58. The highest BCUT2D eigenvalue weighted by Crippen LogP contribution is 2.27. The second kappa shape index (κ2) is 10.5. The second-order valence-electron chi connectivity index (χ2n) is 6.53. The average Bonchev–Trinajstić information content (AvgIpc) is 2.99. The lowest BCUT2D eigenvalue weighted by atomic mass is 10.2. The lowest BCUT2D eigenvalue weighted by Gasteiger charge is -2.34. The quantitative estimate of drug-likeness (QED) is 0.723. The van der Waals surface area contributed by atoms with E-state index in [4.69, 9.17) is 32.7 Å². The van der Waals surface area contributed by atoms with Crippen LogP contribution in [0.2, 0.25) is 10.0 Å². The molecule has 1 aromatic heterocycles. The van der Waals surface area contributed by atoms with Gasteiger partial charge in [0.1, 0.15) is 18.5 Å². The van der Waals surface area contributed by atoms with Crippen molar-refractivity contribution in [2.75, 3.05) is 32.8 Å². The van der Waals surface area contributed by atoms with Crippen LogP contribution in [0.1, 0.15) is 5.56 Å². The number of hydrogen-bond donors (Lipinski definition) is 1. The zero-order chi connectivity index (χ0) is 18.5. The summed E-state index contributed by atoms with van der Waals surface area (Å²) in [5.74, 6) is 0.518. The van der Waals surface area contributed by atoms with Gasteiger partial charge in [-0.2, -0.15) is 5.10 Å². The van der Waals surface area contributed by atoms with Crippen LogP contribution in [0.25, 0.3) is 0 Å². The van der Waals surface area contributed by atoms with Crippen LogP contribution in [0.15, 0.2) is 30.6 Å². The lowest BCUT2D eigenvalue weighted by molar-refractivity contribution is -0.0517. The van der Waals surface area contributed by atoms with Crippen molar-refractivity contribution in [3.8, 4) is 5.75 Å². The molecule has 2 atom stereocenters. The SMILES string of the molecule is Cc1cnn(CC2CN(CC(O)COc3ccc(Cl)cc3Cl)CCO2)c1.Cl. The molecule has 2 aromatic rings. The van der Waals surface area contributed by atoms with Crippen LogP contribution >= 0.6 is 35.6 Å². The summed E-state index contributed by atoms with van der Waals surface area (Å²) in [4.78, 5) is 2.18. The fourth-order valence-corrected chi connectivity index (χ4v) is 3.42. The number of aliphatic hydroxyl groups is 1.